The van der Waals surface area contributed by atoms with Gasteiger partial charge in [0.15, 0.2) is 5.75 Å². The molecule has 0 aliphatic carbocycles. The van der Waals surface area contributed by atoms with E-state index in [1.54, 1.807) is 0 Å². The summed E-state index contributed by atoms with van der Waals surface area (Å²) < 4.78 is 5.92. The summed E-state index contributed by atoms with van der Waals surface area (Å²) >= 11 is 0. The second kappa shape index (κ2) is 7.95. The van der Waals surface area contributed by atoms with E-state index in [-0.39, 0.29) is 5.91 Å². The third-order valence-corrected chi connectivity index (χ3v) is 3.99. The van der Waals surface area contributed by atoms with Gasteiger partial charge in [0.25, 0.3) is 0 Å². The van der Waals surface area contributed by atoms with Crippen LogP contribution in [0.2, 0.25) is 0 Å². The van der Waals surface area contributed by atoms with Gasteiger partial charge in [0, 0.05) is 26.2 Å². The molecule has 2 aromatic rings. The minimum Gasteiger partial charge on any atom is -0.455 e. The zero-order chi connectivity index (χ0) is 16.8. The van der Waals surface area contributed by atoms with Crippen molar-refractivity contribution in [2.24, 2.45) is 0 Å². The second-order valence-electron chi connectivity index (χ2n) is 5.99. The summed E-state index contributed by atoms with van der Waals surface area (Å²) in [6.07, 6.45) is 0. The van der Waals surface area contributed by atoms with Gasteiger partial charge in [-0.2, -0.15) is 0 Å². The molecule has 0 atom stereocenters. The molecule has 0 radical (unpaired) electrons. The highest BCUT2D eigenvalue weighted by atomic mass is 16.5. The number of anilines is 1. The number of benzene rings is 2. The molecule has 0 saturated carbocycles. The van der Waals surface area contributed by atoms with Crippen molar-refractivity contribution in [3.8, 4) is 11.5 Å². The van der Waals surface area contributed by atoms with Gasteiger partial charge in [0.2, 0.25) is 5.91 Å². The Morgan fingerprint density at radius 1 is 1.12 bits per heavy atom. The third-order valence-electron chi connectivity index (χ3n) is 3.99. The molecule has 2 N–H and O–H groups in total. The number of aryl methyl sites for hydroxylation is 1. The van der Waals surface area contributed by atoms with Gasteiger partial charge in [-0.25, -0.2) is 0 Å². The fraction of sp³-hybridized carbons (Fsp3) is 0.316. The molecule has 0 spiro atoms. The Morgan fingerprint density at radius 3 is 2.58 bits per heavy atom. The summed E-state index contributed by atoms with van der Waals surface area (Å²) in [5.74, 6) is 1.39. The molecule has 5 nitrogen and oxygen atoms in total. The predicted molar refractivity (Wildman–Crippen MR) is 95.6 cm³/mol. The number of para-hydroxylation sites is 2. The molecule has 1 fully saturated rings. The highest BCUT2D eigenvalue weighted by molar-refractivity contribution is 5.93. The number of carbonyl (C=O) groups is 1. The number of amides is 1. The third kappa shape index (κ3) is 4.57. The van der Waals surface area contributed by atoms with E-state index < -0.39 is 0 Å². The fourth-order valence-corrected chi connectivity index (χ4v) is 2.65. The first-order chi connectivity index (χ1) is 11.7. The van der Waals surface area contributed by atoms with Crippen LogP contribution in [0.1, 0.15) is 5.56 Å². The first-order valence-corrected chi connectivity index (χ1v) is 8.27. The molecule has 1 aliphatic heterocycles. The van der Waals surface area contributed by atoms with Gasteiger partial charge >= 0.3 is 0 Å². The molecule has 24 heavy (non-hydrogen) atoms. The standard InChI is InChI=1S/C19H23N3O2/c1-15-6-8-16(9-7-15)24-18-5-3-2-4-17(18)21-19(23)14-22-12-10-20-11-13-22/h2-9,20H,10-14H2,1H3,(H,21,23). The van der Waals surface area contributed by atoms with Crippen molar-refractivity contribution in [1.82, 2.24) is 10.2 Å². The lowest BCUT2D eigenvalue weighted by Crippen LogP contribution is -2.46. The highest BCUT2D eigenvalue weighted by Crippen LogP contribution is 2.29. The summed E-state index contributed by atoms with van der Waals surface area (Å²) in [5, 5.41) is 6.25. The lowest BCUT2D eigenvalue weighted by Gasteiger charge is -2.26. The average Bonchev–Trinajstić information content (AvgIpc) is 2.59. The van der Waals surface area contributed by atoms with Gasteiger partial charge < -0.3 is 15.4 Å². The summed E-state index contributed by atoms with van der Waals surface area (Å²) in [5.41, 5.74) is 1.87. The molecule has 126 valence electrons. The first-order valence-electron chi connectivity index (χ1n) is 8.27. The molecule has 1 heterocycles. The van der Waals surface area contributed by atoms with E-state index in [4.69, 9.17) is 4.74 Å². The fourth-order valence-electron chi connectivity index (χ4n) is 2.65. The number of hydrogen-bond donors (Lipinski definition) is 2. The lowest BCUT2D eigenvalue weighted by molar-refractivity contribution is -0.117. The van der Waals surface area contributed by atoms with E-state index in [2.05, 4.69) is 15.5 Å². The van der Waals surface area contributed by atoms with E-state index in [0.717, 1.165) is 31.9 Å². The Balaban J connectivity index is 1.64. The van der Waals surface area contributed by atoms with Crippen LogP contribution in [-0.2, 0) is 4.79 Å². The number of ether oxygens (including phenoxy) is 1. The van der Waals surface area contributed by atoms with Gasteiger partial charge in [-0.1, -0.05) is 29.8 Å². The summed E-state index contributed by atoms with van der Waals surface area (Å²) in [6, 6.07) is 15.4. The van der Waals surface area contributed by atoms with Crippen molar-refractivity contribution in [2.45, 2.75) is 6.92 Å². The average molecular weight is 325 g/mol. The topological polar surface area (TPSA) is 53.6 Å². The van der Waals surface area contributed by atoms with Crippen molar-refractivity contribution >= 4 is 11.6 Å². The number of nitrogens with one attached hydrogen (secondary N) is 2. The normalized spacial score (nSPS) is 15.0. The number of nitrogens with zero attached hydrogens (tertiary/aromatic N) is 1. The second-order valence-corrected chi connectivity index (χ2v) is 5.99. The van der Waals surface area contributed by atoms with Gasteiger partial charge in [-0.05, 0) is 31.2 Å². The SMILES string of the molecule is Cc1ccc(Oc2ccccc2NC(=O)CN2CCNCC2)cc1. The van der Waals surface area contributed by atoms with Crippen molar-refractivity contribution in [3.05, 3.63) is 54.1 Å². The van der Waals surface area contributed by atoms with E-state index in [1.807, 2.05) is 55.5 Å². The quantitative estimate of drug-likeness (QED) is 0.887. The van der Waals surface area contributed by atoms with E-state index in [9.17, 15) is 4.79 Å². The molecule has 0 bridgehead atoms. The molecule has 3 rings (SSSR count). The highest BCUT2D eigenvalue weighted by Gasteiger charge is 2.15. The van der Waals surface area contributed by atoms with Gasteiger partial charge in [-0.15, -0.1) is 0 Å². The maximum absolute atomic E-state index is 12.3. The van der Waals surface area contributed by atoms with Crippen LogP contribution in [0.25, 0.3) is 0 Å². The largest absolute Gasteiger partial charge is 0.455 e. The van der Waals surface area contributed by atoms with Crippen LogP contribution in [0, 0.1) is 6.92 Å². The molecule has 1 saturated heterocycles. The van der Waals surface area contributed by atoms with Crippen LogP contribution in [0.5, 0.6) is 11.5 Å². The molecular formula is C19H23N3O2. The van der Waals surface area contributed by atoms with Crippen molar-refractivity contribution in [2.75, 3.05) is 38.0 Å². The number of piperazine rings is 1. The minimum absolute atomic E-state index is 0.0168. The monoisotopic (exact) mass is 325 g/mol. The maximum Gasteiger partial charge on any atom is 0.238 e. The molecule has 0 unspecified atom stereocenters. The zero-order valence-electron chi connectivity index (χ0n) is 13.9. The van der Waals surface area contributed by atoms with E-state index in [1.165, 1.54) is 5.56 Å². The van der Waals surface area contributed by atoms with Crippen LogP contribution in [0.3, 0.4) is 0 Å². The number of carbonyl (C=O) groups excluding carboxylic acids is 1. The molecule has 1 amide bonds. The zero-order valence-corrected chi connectivity index (χ0v) is 13.9. The maximum atomic E-state index is 12.3. The van der Waals surface area contributed by atoms with Gasteiger partial charge in [0.05, 0.1) is 12.2 Å². The Hall–Kier alpha value is -2.37. The lowest BCUT2D eigenvalue weighted by atomic mass is 10.2. The van der Waals surface area contributed by atoms with Gasteiger partial charge in [-0.3, -0.25) is 9.69 Å². The molecule has 0 aromatic heterocycles. The Labute approximate surface area is 142 Å². The summed E-state index contributed by atoms with van der Waals surface area (Å²) in [7, 11) is 0. The van der Waals surface area contributed by atoms with Crippen molar-refractivity contribution in [1.29, 1.82) is 0 Å². The van der Waals surface area contributed by atoms with Gasteiger partial charge in [0.1, 0.15) is 5.75 Å². The van der Waals surface area contributed by atoms with E-state index >= 15 is 0 Å². The van der Waals surface area contributed by atoms with Crippen LogP contribution in [0.15, 0.2) is 48.5 Å². The molecule has 2 aromatic carbocycles. The van der Waals surface area contributed by atoms with Crippen LogP contribution < -0.4 is 15.4 Å². The van der Waals surface area contributed by atoms with Crippen LogP contribution in [0.4, 0.5) is 5.69 Å². The first kappa shape index (κ1) is 16.5. The van der Waals surface area contributed by atoms with E-state index in [0.29, 0.717) is 18.0 Å². The van der Waals surface area contributed by atoms with Crippen LogP contribution in [-0.4, -0.2) is 43.5 Å². The number of hydrogen-bond acceptors (Lipinski definition) is 4. The molecule has 1 aliphatic rings. The Kier molecular flexibility index (Phi) is 5.46. The minimum atomic E-state index is -0.0168. The smallest absolute Gasteiger partial charge is 0.238 e. The van der Waals surface area contributed by atoms with Crippen molar-refractivity contribution < 1.29 is 9.53 Å². The Bertz CT molecular complexity index is 679. The summed E-state index contributed by atoms with van der Waals surface area (Å²) in [4.78, 5) is 14.4. The molecular weight excluding hydrogens is 302 g/mol. The van der Waals surface area contributed by atoms with Crippen LogP contribution >= 0.6 is 0 Å². The number of rotatable bonds is 5. The Morgan fingerprint density at radius 2 is 1.83 bits per heavy atom. The molecule has 5 heteroatoms. The van der Waals surface area contributed by atoms with Crippen molar-refractivity contribution in [3.63, 3.8) is 0 Å². The summed E-state index contributed by atoms with van der Waals surface area (Å²) in [6.45, 7) is 6.10. The predicted octanol–water partition coefficient (Wildman–Crippen LogP) is 2.63.